The van der Waals surface area contributed by atoms with Gasteiger partial charge >= 0.3 is 6.03 Å². The number of carbonyl (C=O) groups is 3. The van der Waals surface area contributed by atoms with E-state index in [2.05, 4.69) is 10.6 Å². The molecule has 1 fully saturated rings. The summed E-state index contributed by atoms with van der Waals surface area (Å²) in [5, 5.41) is 7.12. The highest BCUT2D eigenvalue weighted by Gasteiger charge is 2.49. The average Bonchev–Trinajstić information content (AvgIpc) is 3.27. The highest BCUT2D eigenvalue weighted by molar-refractivity contribution is 6.10. The number of imide groups is 1. The number of para-hydroxylation sites is 1. The molecule has 1 saturated heterocycles. The molecule has 1 aliphatic heterocycles. The Morgan fingerprint density at radius 1 is 1.00 bits per heavy atom. The maximum absolute atomic E-state index is 13.4. The van der Waals surface area contributed by atoms with Crippen LogP contribution in [0.1, 0.15) is 18.2 Å². The predicted octanol–water partition coefficient (Wildman–Crippen LogP) is 3.05. The van der Waals surface area contributed by atoms with Gasteiger partial charge in [-0.1, -0.05) is 36.4 Å². The Kier molecular flexibility index (Phi) is 6.02. The minimum absolute atomic E-state index is 0.0844. The van der Waals surface area contributed by atoms with E-state index in [1.165, 1.54) is 4.68 Å². The molecule has 194 valence electrons. The van der Waals surface area contributed by atoms with Gasteiger partial charge in [0.2, 0.25) is 5.91 Å². The normalized spacial score (nSPS) is 17.1. The molecule has 2 N–H and O–H groups in total. The molecular formula is C28H27N5O5. The number of carbonyl (C=O) groups excluding carboxylic acids is 3. The molecule has 0 radical (unpaired) electrons. The Bertz CT molecular complexity index is 1660. The van der Waals surface area contributed by atoms with Crippen molar-refractivity contribution >= 4 is 34.3 Å². The number of rotatable bonds is 6. The number of methoxy groups -OCH3 is 1. The van der Waals surface area contributed by atoms with Crippen LogP contribution in [0.5, 0.6) is 5.75 Å². The predicted molar refractivity (Wildman–Crippen MR) is 142 cm³/mol. The lowest BCUT2D eigenvalue weighted by Gasteiger charge is -2.22. The Balaban J connectivity index is 1.37. The quantitative estimate of drug-likeness (QED) is 0.385. The molecule has 1 atom stereocenters. The lowest BCUT2D eigenvalue weighted by atomic mass is 9.90. The van der Waals surface area contributed by atoms with Gasteiger partial charge in [0.1, 0.15) is 23.5 Å². The first-order chi connectivity index (χ1) is 18.1. The highest BCUT2D eigenvalue weighted by atomic mass is 16.5. The first-order valence-electron chi connectivity index (χ1n) is 12.0. The van der Waals surface area contributed by atoms with Gasteiger partial charge in [-0.25, -0.2) is 9.48 Å². The van der Waals surface area contributed by atoms with E-state index in [1.807, 2.05) is 48.5 Å². The largest absolute Gasteiger partial charge is 0.497 e. The molecule has 10 heteroatoms. The van der Waals surface area contributed by atoms with Gasteiger partial charge in [-0.15, -0.1) is 0 Å². The Labute approximate surface area is 218 Å². The van der Waals surface area contributed by atoms with Crippen LogP contribution in [0.4, 0.5) is 10.5 Å². The monoisotopic (exact) mass is 513 g/mol. The SMILES string of the molecule is COc1ccc2cc([C@@]3(C)NC(=O)N(CC(=O)Nc4c(C)n(C)n(-c5ccccc5)c4=O)C3=O)ccc2c1. The van der Waals surface area contributed by atoms with E-state index in [9.17, 15) is 19.2 Å². The number of urea groups is 1. The zero-order valence-electron chi connectivity index (χ0n) is 21.4. The van der Waals surface area contributed by atoms with Crippen molar-refractivity contribution in [2.45, 2.75) is 19.4 Å². The number of fused-ring (bicyclic) bond motifs is 1. The van der Waals surface area contributed by atoms with Crippen LogP contribution >= 0.6 is 0 Å². The smallest absolute Gasteiger partial charge is 0.325 e. The molecule has 38 heavy (non-hydrogen) atoms. The van der Waals surface area contributed by atoms with Crippen molar-refractivity contribution in [3.05, 3.63) is 88.3 Å². The van der Waals surface area contributed by atoms with Gasteiger partial charge in [0, 0.05) is 7.05 Å². The average molecular weight is 514 g/mol. The highest BCUT2D eigenvalue weighted by Crippen LogP contribution is 2.32. The van der Waals surface area contributed by atoms with E-state index in [-0.39, 0.29) is 5.69 Å². The summed E-state index contributed by atoms with van der Waals surface area (Å²) in [6.45, 7) is 2.77. The van der Waals surface area contributed by atoms with E-state index in [0.29, 0.717) is 22.7 Å². The maximum atomic E-state index is 13.4. The van der Waals surface area contributed by atoms with Crippen LogP contribution in [0.2, 0.25) is 0 Å². The molecule has 3 aromatic carbocycles. The summed E-state index contributed by atoms with van der Waals surface area (Å²) in [5.41, 5.74) is 0.0691. The number of nitrogens with one attached hydrogen (secondary N) is 2. The molecule has 1 aromatic heterocycles. The molecule has 10 nitrogen and oxygen atoms in total. The van der Waals surface area contributed by atoms with E-state index in [4.69, 9.17) is 4.74 Å². The molecule has 4 amide bonds. The van der Waals surface area contributed by atoms with Crippen LogP contribution in [-0.4, -0.2) is 45.8 Å². The summed E-state index contributed by atoms with van der Waals surface area (Å²) in [6, 6.07) is 19.4. The molecule has 5 rings (SSSR count). The fourth-order valence-electron chi connectivity index (χ4n) is 4.73. The minimum Gasteiger partial charge on any atom is -0.497 e. The number of ether oxygens (including phenoxy) is 1. The number of aromatic nitrogens is 2. The van der Waals surface area contributed by atoms with Gasteiger partial charge in [-0.3, -0.25) is 24.0 Å². The zero-order valence-corrected chi connectivity index (χ0v) is 21.4. The summed E-state index contributed by atoms with van der Waals surface area (Å²) in [7, 11) is 3.30. The number of hydrogen-bond acceptors (Lipinski definition) is 5. The second-order valence-electron chi connectivity index (χ2n) is 9.36. The van der Waals surface area contributed by atoms with Crippen molar-refractivity contribution in [1.29, 1.82) is 0 Å². The Hall–Kier alpha value is -4.86. The van der Waals surface area contributed by atoms with Gasteiger partial charge < -0.3 is 15.4 Å². The van der Waals surface area contributed by atoms with E-state index in [1.54, 1.807) is 50.9 Å². The van der Waals surface area contributed by atoms with Gasteiger partial charge in [-0.05, 0) is 60.5 Å². The van der Waals surface area contributed by atoms with Crippen molar-refractivity contribution in [3.63, 3.8) is 0 Å². The van der Waals surface area contributed by atoms with Crippen LogP contribution in [0.15, 0.2) is 71.5 Å². The number of hydrogen-bond donors (Lipinski definition) is 2. The molecule has 0 unspecified atom stereocenters. The van der Waals surface area contributed by atoms with Crippen LogP contribution in [-0.2, 0) is 22.2 Å². The third kappa shape index (κ3) is 4.00. The molecule has 0 spiro atoms. The van der Waals surface area contributed by atoms with Crippen molar-refractivity contribution in [3.8, 4) is 11.4 Å². The Morgan fingerprint density at radius 2 is 1.68 bits per heavy atom. The van der Waals surface area contributed by atoms with Gasteiger partial charge in [0.15, 0.2) is 0 Å². The van der Waals surface area contributed by atoms with Crippen LogP contribution in [0, 0.1) is 6.92 Å². The third-order valence-corrected chi connectivity index (χ3v) is 7.02. The topological polar surface area (TPSA) is 115 Å². The van der Waals surface area contributed by atoms with E-state index >= 15 is 0 Å². The summed E-state index contributed by atoms with van der Waals surface area (Å²) < 4.78 is 8.33. The summed E-state index contributed by atoms with van der Waals surface area (Å²) >= 11 is 0. The molecular weight excluding hydrogens is 486 g/mol. The summed E-state index contributed by atoms with van der Waals surface area (Å²) in [6.07, 6.45) is 0. The van der Waals surface area contributed by atoms with Crippen molar-refractivity contribution < 1.29 is 19.1 Å². The first kappa shape index (κ1) is 24.8. The second kappa shape index (κ2) is 9.22. The Morgan fingerprint density at radius 3 is 2.39 bits per heavy atom. The molecule has 2 heterocycles. The number of benzene rings is 3. The minimum atomic E-state index is -1.35. The summed E-state index contributed by atoms with van der Waals surface area (Å²) in [4.78, 5) is 53.1. The fraction of sp³-hybridized carbons (Fsp3) is 0.214. The molecule has 0 saturated carbocycles. The fourth-order valence-corrected chi connectivity index (χ4v) is 4.73. The van der Waals surface area contributed by atoms with Gasteiger partial charge in [0.25, 0.3) is 11.5 Å². The van der Waals surface area contributed by atoms with Crippen LogP contribution in [0.25, 0.3) is 16.5 Å². The maximum Gasteiger partial charge on any atom is 0.325 e. The molecule has 0 bridgehead atoms. The standard InChI is InChI=1S/C28H27N5O5/c1-17-24(25(35)33(31(17)3)21-8-6-5-7-9-21)29-23(34)16-32-26(36)28(2,30-27(32)37)20-12-10-19-15-22(38-4)13-11-18(19)14-20/h5-15H,16H2,1-4H3,(H,29,34)(H,30,37)/t28-/m1/s1. The lowest BCUT2D eigenvalue weighted by molar-refractivity contribution is -0.133. The van der Waals surface area contributed by atoms with Crippen molar-refractivity contribution in [2.24, 2.45) is 7.05 Å². The number of amides is 4. The second-order valence-corrected chi connectivity index (χ2v) is 9.36. The number of nitrogens with zero attached hydrogens (tertiary/aromatic N) is 3. The van der Waals surface area contributed by atoms with Crippen molar-refractivity contribution in [1.82, 2.24) is 19.6 Å². The zero-order chi connectivity index (χ0) is 27.2. The van der Waals surface area contributed by atoms with E-state index < -0.39 is 35.5 Å². The van der Waals surface area contributed by atoms with Gasteiger partial charge in [0.05, 0.1) is 18.5 Å². The van der Waals surface area contributed by atoms with Crippen molar-refractivity contribution in [2.75, 3.05) is 19.0 Å². The van der Waals surface area contributed by atoms with Crippen LogP contribution in [0.3, 0.4) is 0 Å². The molecule has 4 aromatic rings. The third-order valence-electron chi connectivity index (χ3n) is 7.02. The van der Waals surface area contributed by atoms with Crippen LogP contribution < -0.4 is 20.9 Å². The molecule has 1 aliphatic rings. The summed E-state index contributed by atoms with van der Waals surface area (Å²) in [5.74, 6) is -0.505. The number of anilines is 1. The first-order valence-corrected chi connectivity index (χ1v) is 12.0. The molecule has 0 aliphatic carbocycles. The lowest BCUT2D eigenvalue weighted by Crippen LogP contribution is -2.42. The van der Waals surface area contributed by atoms with E-state index in [0.717, 1.165) is 15.7 Å². The van der Waals surface area contributed by atoms with Gasteiger partial charge in [-0.2, -0.15) is 0 Å².